The molecule has 0 amide bonds. The average Bonchev–Trinajstić information content (AvgIpc) is 2.16. The third kappa shape index (κ3) is 4.50. The fourth-order valence-corrected chi connectivity index (χ4v) is 1.30. The minimum absolute atomic E-state index is 0.0597. The number of anilines is 1. The van der Waals surface area contributed by atoms with Crippen molar-refractivity contribution in [2.75, 3.05) is 18.5 Å². The van der Waals surface area contributed by atoms with E-state index in [4.69, 9.17) is 17.3 Å². The van der Waals surface area contributed by atoms with Crippen LogP contribution < -0.4 is 10.6 Å². The maximum Gasteiger partial charge on any atom is 0.170 e. The monoisotopic (exact) mass is 246 g/mol. The van der Waals surface area contributed by atoms with Crippen LogP contribution in [0.15, 0.2) is 18.2 Å². The van der Waals surface area contributed by atoms with Crippen molar-refractivity contribution in [2.45, 2.75) is 6.42 Å². The Morgan fingerprint density at radius 1 is 1.25 bits per heavy atom. The van der Waals surface area contributed by atoms with Crippen molar-refractivity contribution in [3.8, 4) is 0 Å². The lowest BCUT2D eigenvalue weighted by Crippen LogP contribution is -2.29. The van der Waals surface area contributed by atoms with Crippen LogP contribution in [0.4, 0.5) is 14.5 Å². The smallest absolute Gasteiger partial charge is 0.170 e. The standard InChI is InChI=1S/C10H12F2N2OS/c11-7-4-8(12)6-9(5-7)14-10(16)13-2-1-3-15/h4-6,15H,1-3H2,(H2,13,14,16). The van der Waals surface area contributed by atoms with Crippen LogP contribution >= 0.6 is 12.2 Å². The van der Waals surface area contributed by atoms with Crippen LogP contribution in [0.2, 0.25) is 0 Å². The Hall–Kier alpha value is -1.27. The summed E-state index contributed by atoms with van der Waals surface area (Å²) < 4.78 is 25.6. The first-order valence-corrected chi connectivity index (χ1v) is 5.14. The molecule has 0 aromatic heterocycles. The summed E-state index contributed by atoms with van der Waals surface area (Å²) in [5, 5.41) is 14.2. The van der Waals surface area contributed by atoms with Gasteiger partial charge in [0.1, 0.15) is 11.6 Å². The van der Waals surface area contributed by atoms with E-state index in [0.717, 1.165) is 18.2 Å². The van der Waals surface area contributed by atoms with Gasteiger partial charge < -0.3 is 15.7 Å². The van der Waals surface area contributed by atoms with Gasteiger partial charge in [-0.25, -0.2) is 8.78 Å². The van der Waals surface area contributed by atoms with Gasteiger partial charge in [-0.2, -0.15) is 0 Å². The molecule has 0 bridgehead atoms. The lowest BCUT2D eigenvalue weighted by Gasteiger charge is -2.09. The van der Waals surface area contributed by atoms with E-state index in [2.05, 4.69) is 10.6 Å². The Kier molecular flexibility index (Phi) is 5.07. The number of halogens is 2. The summed E-state index contributed by atoms with van der Waals surface area (Å²) >= 11 is 4.89. The topological polar surface area (TPSA) is 44.3 Å². The average molecular weight is 246 g/mol. The van der Waals surface area contributed by atoms with Crippen molar-refractivity contribution in [3.05, 3.63) is 29.8 Å². The van der Waals surface area contributed by atoms with Gasteiger partial charge in [0, 0.05) is 24.9 Å². The first-order chi connectivity index (χ1) is 7.61. The van der Waals surface area contributed by atoms with E-state index in [1.54, 1.807) is 0 Å². The second kappa shape index (κ2) is 6.34. The molecule has 1 aromatic carbocycles. The lowest BCUT2D eigenvalue weighted by atomic mass is 10.3. The number of benzene rings is 1. The molecule has 0 aliphatic carbocycles. The Morgan fingerprint density at radius 3 is 2.44 bits per heavy atom. The van der Waals surface area contributed by atoms with E-state index >= 15 is 0 Å². The van der Waals surface area contributed by atoms with Crippen molar-refractivity contribution in [1.29, 1.82) is 0 Å². The van der Waals surface area contributed by atoms with Gasteiger partial charge in [0.05, 0.1) is 0 Å². The first-order valence-electron chi connectivity index (χ1n) is 4.73. The van der Waals surface area contributed by atoms with Gasteiger partial charge in [-0.05, 0) is 30.8 Å². The van der Waals surface area contributed by atoms with E-state index in [-0.39, 0.29) is 17.4 Å². The first kappa shape index (κ1) is 12.8. The van der Waals surface area contributed by atoms with Crippen LogP contribution in [-0.2, 0) is 0 Å². The zero-order chi connectivity index (χ0) is 12.0. The number of aliphatic hydroxyl groups excluding tert-OH is 1. The molecule has 0 spiro atoms. The maximum absolute atomic E-state index is 12.8. The zero-order valence-corrected chi connectivity index (χ0v) is 9.28. The molecular formula is C10H12F2N2OS. The number of aliphatic hydroxyl groups is 1. The summed E-state index contributed by atoms with van der Waals surface area (Å²) in [6, 6.07) is 3.07. The predicted molar refractivity (Wildman–Crippen MR) is 62.3 cm³/mol. The molecule has 0 aliphatic heterocycles. The molecule has 3 N–H and O–H groups in total. The summed E-state index contributed by atoms with van der Waals surface area (Å²) in [7, 11) is 0. The Morgan fingerprint density at radius 2 is 1.88 bits per heavy atom. The number of hydrogen-bond donors (Lipinski definition) is 3. The normalized spacial score (nSPS) is 9.94. The highest BCUT2D eigenvalue weighted by molar-refractivity contribution is 7.80. The molecule has 1 aromatic rings. The highest BCUT2D eigenvalue weighted by Gasteiger charge is 2.01. The van der Waals surface area contributed by atoms with E-state index in [1.165, 1.54) is 0 Å². The van der Waals surface area contributed by atoms with Crippen LogP contribution in [0.3, 0.4) is 0 Å². The van der Waals surface area contributed by atoms with E-state index in [0.29, 0.717) is 13.0 Å². The molecule has 0 unspecified atom stereocenters. The summed E-state index contributed by atoms with van der Waals surface area (Å²) in [5.74, 6) is -1.33. The molecule has 0 fully saturated rings. The molecule has 0 aliphatic rings. The number of thiocarbonyl (C=S) groups is 1. The second-order valence-corrected chi connectivity index (χ2v) is 3.52. The van der Waals surface area contributed by atoms with Crippen molar-refractivity contribution >= 4 is 23.0 Å². The van der Waals surface area contributed by atoms with Gasteiger partial charge in [-0.3, -0.25) is 0 Å². The van der Waals surface area contributed by atoms with Crippen LogP contribution in [0.5, 0.6) is 0 Å². The molecule has 6 heteroatoms. The number of rotatable bonds is 4. The molecular weight excluding hydrogens is 234 g/mol. The molecule has 0 heterocycles. The Bertz CT molecular complexity index is 354. The van der Waals surface area contributed by atoms with Gasteiger partial charge in [0.15, 0.2) is 5.11 Å². The SMILES string of the molecule is OCCCNC(=S)Nc1cc(F)cc(F)c1. The van der Waals surface area contributed by atoms with Crippen LogP contribution in [0.25, 0.3) is 0 Å². The highest BCUT2D eigenvalue weighted by atomic mass is 32.1. The van der Waals surface area contributed by atoms with Gasteiger partial charge in [0.2, 0.25) is 0 Å². The van der Waals surface area contributed by atoms with Gasteiger partial charge in [0.25, 0.3) is 0 Å². The third-order valence-electron chi connectivity index (χ3n) is 1.74. The Balaban J connectivity index is 2.49. The van der Waals surface area contributed by atoms with Crippen molar-refractivity contribution < 1.29 is 13.9 Å². The van der Waals surface area contributed by atoms with Gasteiger partial charge in [-0.1, -0.05) is 0 Å². The molecule has 1 rings (SSSR count). The maximum atomic E-state index is 12.8. The molecule has 16 heavy (non-hydrogen) atoms. The largest absolute Gasteiger partial charge is 0.396 e. The minimum Gasteiger partial charge on any atom is -0.396 e. The summed E-state index contributed by atoms with van der Waals surface area (Å²) in [4.78, 5) is 0. The minimum atomic E-state index is -0.666. The van der Waals surface area contributed by atoms with E-state index < -0.39 is 11.6 Å². The fourth-order valence-electron chi connectivity index (χ4n) is 1.08. The predicted octanol–water partition coefficient (Wildman–Crippen LogP) is 1.63. The zero-order valence-electron chi connectivity index (χ0n) is 8.46. The Labute approximate surface area is 97.5 Å². The quantitative estimate of drug-likeness (QED) is 0.558. The van der Waals surface area contributed by atoms with Crippen LogP contribution in [-0.4, -0.2) is 23.4 Å². The van der Waals surface area contributed by atoms with Crippen LogP contribution in [0, 0.1) is 11.6 Å². The van der Waals surface area contributed by atoms with Gasteiger partial charge in [-0.15, -0.1) is 0 Å². The third-order valence-corrected chi connectivity index (χ3v) is 1.99. The second-order valence-electron chi connectivity index (χ2n) is 3.12. The summed E-state index contributed by atoms with van der Waals surface area (Å²) in [6.45, 7) is 0.560. The summed E-state index contributed by atoms with van der Waals surface area (Å²) in [5.41, 5.74) is 0.249. The fraction of sp³-hybridized carbons (Fsp3) is 0.300. The molecule has 0 radical (unpaired) electrons. The van der Waals surface area contributed by atoms with Crippen molar-refractivity contribution in [2.24, 2.45) is 0 Å². The molecule has 0 saturated carbocycles. The van der Waals surface area contributed by atoms with E-state index in [9.17, 15) is 8.78 Å². The molecule has 0 saturated heterocycles. The van der Waals surface area contributed by atoms with Gasteiger partial charge >= 0.3 is 0 Å². The summed E-state index contributed by atoms with van der Waals surface area (Å²) in [6.07, 6.45) is 0.555. The number of hydrogen-bond acceptors (Lipinski definition) is 2. The highest BCUT2D eigenvalue weighted by Crippen LogP contribution is 2.12. The van der Waals surface area contributed by atoms with Crippen LogP contribution in [0.1, 0.15) is 6.42 Å². The van der Waals surface area contributed by atoms with Crippen molar-refractivity contribution in [1.82, 2.24) is 5.32 Å². The molecule has 3 nitrogen and oxygen atoms in total. The lowest BCUT2D eigenvalue weighted by molar-refractivity contribution is 0.289. The van der Waals surface area contributed by atoms with Crippen molar-refractivity contribution in [3.63, 3.8) is 0 Å². The number of nitrogens with one attached hydrogen (secondary N) is 2. The van der Waals surface area contributed by atoms with E-state index in [1.807, 2.05) is 0 Å². The molecule has 0 atom stereocenters. The molecule has 88 valence electrons.